The molecular weight excluding hydrogens is 249 g/mol. The number of nitrogens with one attached hydrogen (secondary N) is 1. The topological polar surface area (TPSA) is 12.0 Å². The second kappa shape index (κ2) is 5.18. The first kappa shape index (κ1) is 13.8. The van der Waals surface area contributed by atoms with Gasteiger partial charge in [-0.15, -0.1) is 0 Å². The molecule has 1 N–H and O–H groups in total. The molecule has 0 radical (unpaired) electrons. The van der Waals surface area contributed by atoms with Crippen LogP contribution in [0.1, 0.15) is 45.2 Å². The third-order valence-electron chi connectivity index (χ3n) is 4.31. The van der Waals surface area contributed by atoms with Crippen LogP contribution in [-0.4, -0.2) is 6.54 Å². The Morgan fingerprint density at radius 3 is 2.50 bits per heavy atom. The van der Waals surface area contributed by atoms with Crippen molar-refractivity contribution in [2.45, 2.75) is 39.7 Å². The second-order valence-corrected chi connectivity index (χ2v) is 6.19. The van der Waals surface area contributed by atoms with Gasteiger partial charge in [0.25, 0.3) is 0 Å². The lowest BCUT2D eigenvalue weighted by molar-refractivity contribution is 0.325. The van der Waals surface area contributed by atoms with Crippen LogP contribution in [0.2, 0.25) is 5.02 Å². The van der Waals surface area contributed by atoms with Gasteiger partial charge in [0.15, 0.2) is 0 Å². The molecule has 1 aromatic carbocycles. The van der Waals surface area contributed by atoms with Gasteiger partial charge in [0.2, 0.25) is 0 Å². The Balaban J connectivity index is 1.98. The molecule has 1 aliphatic rings. The zero-order chi connectivity index (χ0) is 13.3. The highest BCUT2D eigenvalue weighted by Crippen LogP contribution is 2.51. The first-order chi connectivity index (χ1) is 8.44. The SMILES string of the molecule is CC(NCC1(C(C)C)CC1)c1ccc(F)cc1Cl. The Morgan fingerprint density at radius 2 is 2.00 bits per heavy atom. The lowest BCUT2D eigenvalue weighted by atomic mass is 9.92. The maximum absolute atomic E-state index is 13.0. The zero-order valence-corrected chi connectivity index (χ0v) is 12.0. The van der Waals surface area contributed by atoms with Gasteiger partial charge >= 0.3 is 0 Å². The smallest absolute Gasteiger partial charge is 0.124 e. The minimum Gasteiger partial charge on any atom is -0.310 e. The summed E-state index contributed by atoms with van der Waals surface area (Å²) in [7, 11) is 0. The summed E-state index contributed by atoms with van der Waals surface area (Å²) in [6, 6.07) is 4.78. The number of halogens is 2. The van der Waals surface area contributed by atoms with Gasteiger partial charge in [0.05, 0.1) is 0 Å². The largest absolute Gasteiger partial charge is 0.310 e. The van der Waals surface area contributed by atoms with Crippen LogP contribution in [0.5, 0.6) is 0 Å². The Labute approximate surface area is 114 Å². The molecule has 1 saturated carbocycles. The van der Waals surface area contributed by atoms with Crippen molar-refractivity contribution < 1.29 is 4.39 Å². The van der Waals surface area contributed by atoms with Crippen LogP contribution in [-0.2, 0) is 0 Å². The minimum absolute atomic E-state index is 0.161. The van der Waals surface area contributed by atoms with Crippen molar-refractivity contribution in [3.8, 4) is 0 Å². The predicted octanol–water partition coefficient (Wildman–Crippen LogP) is 4.57. The number of rotatable bonds is 5. The molecule has 0 saturated heterocycles. The summed E-state index contributed by atoms with van der Waals surface area (Å²) in [6.45, 7) is 7.66. The molecule has 1 aromatic rings. The van der Waals surface area contributed by atoms with E-state index in [4.69, 9.17) is 11.6 Å². The van der Waals surface area contributed by atoms with E-state index in [0.29, 0.717) is 16.4 Å². The summed E-state index contributed by atoms with van der Waals surface area (Å²) in [5.41, 5.74) is 1.44. The van der Waals surface area contributed by atoms with Gasteiger partial charge in [-0.1, -0.05) is 31.5 Å². The van der Waals surface area contributed by atoms with Crippen molar-refractivity contribution in [3.63, 3.8) is 0 Å². The van der Waals surface area contributed by atoms with Crippen molar-refractivity contribution in [2.75, 3.05) is 6.54 Å². The molecule has 1 unspecified atom stereocenters. The van der Waals surface area contributed by atoms with Crippen LogP contribution in [0, 0.1) is 17.2 Å². The molecule has 18 heavy (non-hydrogen) atoms. The highest BCUT2D eigenvalue weighted by molar-refractivity contribution is 6.31. The van der Waals surface area contributed by atoms with Gasteiger partial charge in [-0.25, -0.2) is 4.39 Å². The average Bonchev–Trinajstić information content (AvgIpc) is 3.07. The molecular formula is C15H21ClFN. The fourth-order valence-electron chi connectivity index (χ4n) is 2.44. The van der Waals surface area contributed by atoms with Crippen LogP contribution >= 0.6 is 11.6 Å². The summed E-state index contributed by atoms with van der Waals surface area (Å²) in [5, 5.41) is 4.04. The summed E-state index contributed by atoms with van der Waals surface area (Å²) in [6.07, 6.45) is 2.61. The summed E-state index contributed by atoms with van der Waals surface area (Å²) in [5.74, 6) is 0.428. The van der Waals surface area contributed by atoms with E-state index in [1.807, 2.05) is 0 Å². The van der Waals surface area contributed by atoms with Crippen LogP contribution in [0.4, 0.5) is 4.39 Å². The summed E-state index contributed by atoms with van der Waals surface area (Å²) < 4.78 is 13.0. The van der Waals surface area contributed by atoms with Gasteiger partial charge in [0, 0.05) is 17.6 Å². The van der Waals surface area contributed by atoms with E-state index in [1.165, 1.54) is 25.0 Å². The van der Waals surface area contributed by atoms with E-state index in [1.54, 1.807) is 6.07 Å². The lowest BCUT2D eigenvalue weighted by Crippen LogP contribution is -2.29. The quantitative estimate of drug-likeness (QED) is 0.826. The van der Waals surface area contributed by atoms with Crippen LogP contribution < -0.4 is 5.32 Å². The van der Waals surface area contributed by atoms with Crippen molar-refractivity contribution in [1.29, 1.82) is 0 Å². The molecule has 0 bridgehead atoms. The summed E-state index contributed by atoms with van der Waals surface area (Å²) >= 11 is 6.07. The highest BCUT2D eigenvalue weighted by Gasteiger charge is 2.44. The third kappa shape index (κ3) is 2.86. The van der Waals surface area contributed by atoms with Crippen molar-refractivity contribution in [1.82, 2.24) is 5.32 Å². The van der Waals surface area contributed by atoms with Crippen molar-refractivity contribution in [2.24, 2.45) is 11.3 Å². The lowest BCUT2D eigenvalue weighted by Gasteiger charge is -2.23. The average molecular weight is 270 g/mol. The predicted molar refractivity (Wildman–Crippen MR) is 74.3 cm³/mol. The molecule has 3 heteroatoms. The fourth-order valence-corrected chi connectivity index (χ4v) is 2.77. The molecule has 0 aromatic heterocycles. The standard InChI is InChI=1S/C15H21ClFN/c1-10(2)15(6-7-15)9-18-11(3)13-5-4-12(17)8-14(13)16/h4-5,8,10-11,18H,6-7,9H2,1-3H3. The van der Waals surface area contributed by atoms with Gasteiger partial charge in [-0.05, 0) is 48.8 Å². The zero-order valence-electron chi connectivity index (χ0n) is 11.3. The van der Waals surface area contributed by atoms with E-state index >= 15 is 0 Å². The van der Waals surface area contributed by atoms with Crippen LogP contribution in [0.25, 0.3) is 0 Å². The van der Waals surface area contributed by atoms with Gasteiger partial charge in [-0.2, -0.15) is 0 Å². The van der Waals surface area contributed by atoms with Crippen LogP contribution in [0.3, 0.4) is 0 Å². The Bertz CT molecular complexity index is 427. The minimum atomic E-state index is -0.281. The maximum Gasteiger partial charge on any atom is 0.124 e. The van der Waals surface area contributed by atoms with Gasteiger partial charge in [0.1, 0.15) is 5.82 Å². The fraction of sp³-hybridized carbons (Fsp3) is 0.600. The maximum atomic E-state index is 13.0. The first-order valence-corrected chi connectivity index (χ1v) is 7.01. The van der Waals surface area contributed by atoms with E-state index in [2.05, 4.69) is 26.1 Å². The molecule has 1 fully saturated rings. The Morgan fingerprint density at radius 1 is 1.33 bits per heavy atom. The molecule has 1 aliphatic carbocycles. The monoisotopic (exact) mass is 269 g/mol. The van der Waals surface area contributed by atoms with Gasteiger partial charge in [-0.3, -0.25) is 0 Å². The molecule has 0 heterocycles. The molecule has 1 atom stereocenters. The van der Waals surface area contributed by atoms with E-state index in [9.17, 15) is 4.39 Å². The normalized spacial score (nSPS) is 19.0. The number of benzene rings is 1. The van der Waals surface area contributed by atoms with Gasteiger partial charge < -0.3 is 5.32 Å². The number of hydrogen-bond donors (Lipinski definition) is 1. The van der Waals surface area contributed by atoms with Crippen LogP contribution in [0.15, 0.2) is 18.2 Å². The Kier molecular flexibility index (Phi) is 3.98. The summed E-state index contributed by atoms with van der Waals surface area (Å²) in [4.78, 5) is 0. The molecule has 1 nitrogen and oxygen atoms in total. The second-order valence-electron chi connectivity index (χ2n) is 5.79. The molecule has 2 rings (SSSR count). The Hall–Kier alpha value is -0.600. The third-order valence-corrected chi connectivity index (χ3v) is 4.63. The van der Waals surface area contributed by atoms with Crippen molar-refractivity contribution >= 4 is 11.6 Å². The molecule has 100 valence electrons. The highest BCUT2D eigenvalue weighted by atomic mass is 35.5. The van der Waals surface area contributed by atoms with E-state index in [0.717, 1.165) is 12.1 Å². The van der Waals surface area contributed by atoms with E-state index in [-0.39, 0.29) is 11.9 Å². The van der Waals surface area contributed by atoms with E-state index < -0.39 is 0 Å². The number of hydrogen-bond acceptors (Lipinski definition) is 1. The molecule has 0 spiro atoms. The van der Waals surface area contributed by atoms with Crippen molar-refractivity contribution in [3.05, 3.63) is 34.6 Å². The molecule has 0 amide bonds. The molecule has 0 aliphatic heterocycles. The first-order valence-electron chi connectivity index (χ1n) is 6.63.